The maximum absolute atomic E-state index is 12.8. The topological polar surface area (TPSA) is 88.1 Å². The van der Waals surface area contributed by atoms with E-state index < -0.39 is 5.97 Å². The number of carboxylic acid groups (broad SMARTS) is 1. The maximum atomic E-state index is 12.8. The SMILES string of the molecule is Cc1cc(OC[C@@H]2CN(C)c3ccccc3O2)ccc1C(=O)Nc1cc(CC(=O)O)ccc1Cl. The van der Waals surface area contributed by atoms with Crippen molar-refractivity contribution in [1.82, 2.24) is 0 Å². The zero-order chi connectivity index (χ0) is 24.2. The van der Waals surface area contributed by atoms with Crippen molar-refractivity contribution < 1.29 is 24.2 Å². The molecule has 34 heavy (non-hydrogen) atoms. The zero-order valence-electron chi connectivity index (χ0n) is 18.9. The van der Waals surface area contributed by atoms with Crippen LogP contribution in [-0.4, -0.2) is 43.3 Å². The first kappa shape index (κ1) is 23.4. The largest absolute Gasteiger partial charge is 0.490 e. The van der Waals surface area contributed by atoms with Crippen LogP contribution in [0.3, 0.4) is 0 Å². The summed E-state index contributed by atoms with van der Waals surface area (Å²) in [7, 11) is 2.02. The minimum Gasteiger partial charge on any atom is -0.490 e. The molecule has 0 fully saturated rings. The number of nitrogens with zero attached hydrogens (tertiary/aromatic N) is 1. The summed E-state index contributed by atoms with van der Waals surface area (Å²) in [6.45, 7) is 2.90. The van der Waals surface area contributed by atoms with E-state index in [1.165, 1.54) is 0 Å². The van der Waals surface area contributed by atoms with E-state index in [0.717, 1.165) is 17.0 Å². The number of aliphatic carboxylic acids is 1. The number of hydrogen-bond donors (Lipinski definition) is 2. The Bertz CT molecular complexity index is 1230. The van der Waals surface area contributed by atoms with E-state index in [1.54, 1.807) is 36.4 Å². The van der Waals surface area contributed by atoms with Gasteiger partial charge in [-0.1, -0.05) is 29.8 Å². The molecule has 0 spiro atoms. The molecule has 7 nitrogen and oxygen atoms in total. The lowest BCUT2D eigenvalue weighted by Crippen LogP contribution is -2.41. The molecule has 0 saturated heterocycles. The Hall–Kier alpha value is -3.71. The normalized spacial score (nSPS) is 14.7. The van der Waals surface area contributed by atoms with Crippen LogP contribution in [0.1, 0.15) is 21.5 Å². The summed E-state index contributed by atoms with van der Waals surface area (Å²) < 4.78 is 12.0. The van der Waals surface area contributed by atoms with Crippen molar-refractivity contribution in [3.63, 3.8) is 0 Å². The van der Waals surface area contributed by atoms with Crippen LogP contribution >= 0.6 is 11.6 Å². The molecule has 3 aromatic carbocycles. The highest BCUT2D eigenvalue weighted by atomic mass is 35.5. The number of anilines is 2. The van der Waals surface area contributed by atoms with E-state index in [2.05, 4.69) is 10.2 Å². The molecule has 1 amide bonds. The molecule has 0 radical (unpaired) electrons. The third kappa shape index (κ3) is 5.43. The number of likely N-dealkylation sites (N-methyl/N-ethyl adjacent to an activating group) is 1. The molecule has 1 aliphatic rings. The zero-order valence-corrected chi connectivity index (χ0v) is 19.6. The van der Waals surface area contributed by atoms with Crippen molar-refractivity contribution in [1.29, 1.82) is 0 Å². The number of hydrogen-bond acceptors (Lipinski definition) is 5. The first-order chi connectivity index (χ1) is 16.3. The molecular weight excluding hydrogens is 456 g/mol. The van der Waals surface area contributed by atoms with Gasteiger partial charge in [0.05, 0.1) is 29.4 Å². The van der Waals surface area contributed by atoms with Gasteiger partial charge in [-0.3, -0.25) is 9.59 Å². The number of rotatable bonds is 7. The highest BCUT2D eigenvalue weighted by Gasteiger charge is 2.23. The van der Waals surface area contributed by atoms with Crippen LogP contribution in [0.25, 0.3) is 0 Å². The van der Waals surface area contributed by atoms with E-state index in [-0.39, 0.29) is 18.4 Å². The number of aryl methyl sites for hydroxylation is 1. The van der Waals surface area contributed by atoms with Crippen molar-refractivity contribution in [3.8, 4) is 11.5 Å². The third-order valence-electron chi connectivity index (χ3n) is 5.56. The lowest BCUT2D eigenvalue weighted by molar-refractivity contribution is -0.136. The fourth-order valence-corrected chi connectivity index (χ4v) is 4.06. The van der Waals surface area contributed by atoms with Crippen LogP contribution in [0.2, 0.25) is 5.02 Å². The smallest absolute Gasteiger partial charge is 0.307 e. The van der Waals surface area contributed by atoms with Crippen LogP contribution in [0.15, 0.2) is 60.7 Å². The Labute approximate surface area is 202 Å². The standard InChI is InChI=1S/C26H25ClN2O5/c1-16-11-18(33-15-19-14-29(2)23-5-3-4-6-24(23)34-19)8-9-20(16)26(32)28-22-12-17(13-25(30)31)7-10-21(22)27/h3-12,19H,13-15H2,1-2H3,(H,28,32)(H,30,31)/t19-/m0/s1. The summed E-state index contributed by atoms with van der Waals surface area (Å²) in [6.07, 6.45) is -0.277. The Balaban J connectivity index is 1.40. The van der Waals surface area contributed by atoms with E-state index in [9.17, 15) is 9.59 Å². The van der Waals surface area contributed by atoms with E-state index in [4.69, 9.17) is 26.2 Å². The van der Waals surface area contributed by atoms with Crippen LogP contribution in [0.4, 0.5) is 11.4 Å². The minimum absolute atomic E-state index is 0.122. The van der Waals surface area contributed by atoms with Crippen molar-refractivity contribution in [2.24, 2.45) is 0 Å². The second-order valence-electron chi connectivity index (χ2n) is 8.21. The van der Waals surface area contributed by atoms with E-state index in [1.807, 2.05) is 38.2 Å². The molecule has 8 heteroatoms. The lowest BCUT2D eigenvalue weighted by atomic mass is 10.1. The van der Waals surface area contributed by atoms with Gasteiger partial charge < -0.3 is 24.8 Å². The molecule has 1 aliphatic heterocycles. The summed E-state index contributed by atoms with van der Waals surface area (Å²) in [5, 5.41) is 12.1. The summed E-state index contributed by atoms with van der Waals surface area (Å²) in [4.78, 5) is 25.9. The molecule has 0 aliphatic carbocycles. The Morgan fingerprint density at radius 1 is 1.18 bits per heavy atom. The molecule has 1 atom stereocenters. The molecule has 176 valence electrons. The van der Waals surface area contributed by atoms with Crippen molar-refractivity contribution in [2.45, 2.75) is 19.4 Å². The fraction of sp³-hybridized carbons (Fsp3) is 0.231. The van der Waals surface area contributed by atoms with Crippen molar-refractivity contribution in [2.75, 3.05) is 30.4 Å². The van der Waals surface area contributed by atoms with Gasteiger partial charge in [0.15, 0.2) is 0 Å². The molecular formula is C26H25ClN2O5. The lowest BCUT2D eigenvalue weighted by Gasteiger charge is -2.33. The first-order valence-corrected chi connectivity index (χ1v) is 11.2. The minimum atomic E-state index is -0.958. The summed E-state index contributed by atoms with van der Waals surface area (Å²) in [5.74, 6) is 0.174. The number of benzene rings is 3. The molecule has 4 rings (SSSR count). The monoisotopic (exact) mass is 480 g/mol. The van der Waals surface area contributed by atoms with Gasteiger partial charge in [0.1, 0.15) is 24.2 Å². The molecule has 0 saturated carbocycles. The molecule has 0 aromatic heterocycles. The van der Waals surface area contributed by atoms with Gasteiger partial charge in [0.2, 0.25) is 0 Å². The molecule has 0 unspecified atom stereocenters. The highest BCUT2D eigenvalue weighted by Crippen LogP contribution is 2.32. The molecule has 3 aromatic rings. The van der Waals surface area contributed by atoms with Gasteiger partial charge in [-0.15, -0.1) is 0 Å². The number of ether oxygens (including phenoxy) is 2. The van der Waals surface area contributed by atoms with Crippen LogP contribution in [0, 0.1) is 6.92 Å². The number of carbonyl (C=O) groups is 2. The predicted molar refractivity (Wildman–Crippen MR) is 132 cm³/mol. The van der Waals surface area contributed by atoms with E-state index in [0.29, 0.717) is 40.7 Å². The first-order valence-electron chi connectivity index (χ1n) is 10.8. The summed E-state index contributed by atoms with van der Waals surface area (Å²) >= 11 is 6.19. The third-order valence-corrected chi connectivity index (χ3v) is 5.89. The van der Waals surface area contributed by atoms with Crippen LogP contribution in [0.5, 0.6) is 11.5 Å². The number of carboxylic acids is 1. The fourth-order valence-electron chi connectivity index (χ4n) is 3.89. The highest BCUT2D eigenvalue weighted by molar-refractivity contribution is 6.34. The number of amides is 1. The number of halogens is 1. The van der Waals surface area contributed by atoms with Gasteiger partial charge in [-0.2, -0.15) is 0 Å². The van der Waals surface area contributed by atoms with E-state index >= 15 is 0 Å². The van der Waals surface area contributed by atoms with Crippen molar-refractivity contribution in [3.05, 3.63) is 82.4 Å². The predicted octanol–water partition coefficient (Wildman–Crippen LogP) is 4.80. The quantitative estimate of drug-likeness (QED) is 0.505. The Morgan fingerprint density at radius 2 is 1.97 bits per heavy atom. The molecule has 0 bridgehead atoms. The summed E-state index contributed by atoms with van der Waals surface area (Å²) in [5.41, 5.74) is 3.17. The Kier molecular flexibility index (Phi) is 6.93. The number of nitrogens with one attached hydrogen (secondary N) is 1. The molecule has 1 heterocycles. The number of para-hydroxylation sites is 2. The van der Waals surface area contributed by atoms with Gasteiger partial charge in [-0.25, -0.2) is 0 Å². The van der Waals surface area contributed by atoms with Gasteiger partial charge in [0.25, 0.3) is 5.91 Å². The second kappa shape index (κ2) is 10.1. The summed E-state index contributed by atoms with van der Waals surface area (Å²) in [6, 6.07) is 17.9. The average Bonchev–Trinajstić information content (AvgIpc) is 2.79. The van der Waals surface area contributed by atoms with Crippen LogP contribution in [-0.2, 0) is 11.2 Å². The second-order valence-corrected chi connectivity index (χ2v) is 8.62. The number of fused-ring (bicyclic) bond motifs is 1. The van der Waals surface area contributed by atoms with Crippen molar-refractivity contribution >= 4 is 34.9 Å². The average molecular weight is 481 g/mol. The number of carbonyl (C=O) groups excluding carboxylic acids is 1. The van der Waals surface area contributed by atoms with Gasteiger partial charge in [0, 0.05) is 12.6 Å². The van der Waals surface area contributed by atoms with Gasteiger partial charge >= 0.3 is 5.97 Å². The molecule has 2 N–H and O–H groups in total. The Morgan fingerprint density at radius 3 is 2.74 bits per heavy atom. The van der Waals surface area contributed by atoms with Crippen LogP contribution < -0.4 is 19.7 Å². The van der Waals surface area contributed by atoms with Gasteiger partial charge in [-0.05, 0) is 60.5 Å². The maximum Gasteiger partial charge on any atom is 0.307 e.